The van der Waals surface area contributed by atoms with Gasteiger partial charge in [0.15, 0.2) is 0 Å². The molecule has 5 heteroatoms. The highest BCUT2D eigenvalue weighted by molar-refractivity contribution is 6.30. The monoisotopic (exact) mass is 223 g/mol. The van der Waals surface area contributed by atoms with E-state index in [4.69, 9.17) is 16.9 Å². The van der Waals surface area contributed by atoms with E-state index in [9.17, 15) is 4.79 Å². The quantitative estimate of drug-likeness (QED) is 0.783. The number of halogens is 1. The van der Waals surface area contributed by atoms with Crippen molar-refractivity contribution in [1.29, 1.82) is 5.26 Å². The highest BCUT2D eigenvalue weighted by Gasteiger charge is 2.07. The van der Waals surface area contributed by atoms with Crippen LogP contribution in [0.1, 0.15) is 0 Å². The van der Waals surface area contributed by atoms with Crippen molar-refractivity contribution in [1.82, 2.24) is 4.90 Å². The summed E-state index contributed by atoms with van der Waals surface area (Å²) in [6.07, 6.45) is 0. The van der Waals surface area contributed by atoms with E-state index in [1.54, 1.807) is 31.3 Å². The van der Waals surface area contributed by atoms with Crippen molar-refractivity contribution in [3.05, 3.63) is 29.3 Å². The van der Waals surface area contributed by atoms with E-state index in [2.05, 4.69) is 5.32 Å². The molecule has 0 unspecified atom stereocenters. The molecule has 0 aliphatic heterocycles. The number of nitriles is 1. The van der Waals surface area contributed by atoms with Gasteiger partial charge in [-0.1, -0.05) is 11.6 Å². The van der Waals surface area contributed by atoms with Crippen molar-refractivity contribution in [3.63, 3.8) is 0 Å². The lowest BCUT2D eigenvalue weighted by Gasteiger charge is -2.14. The molecule has 0 aliphatic carbocycles. The van der Waals surface area contributed by atoms with Gasteiger partial charge in [-0.25, -0.2) is 4.79 Å². The first-order chi connectivity index (χ1) is 7.13. The molecule has 1 rings (SSSR count). The van der Waals surface area contributed by atoms with Gasteiger partial charge in [0.2, 0.25) is 0 Å². The van der Waals surface area contributed by atoms with Crippen molar-refractivity contribution >= 4 is 23.3 Å². The second-order valence-corrected chi connectivity index (χ2v) is 3.39. The number of carbonyl (C=O) groups is 1. The number of amides is 2. The topological polar surface area (TPSA) is 56.1 Å². The Bertz CT molecular complexity index is 383. The Hall–Kier alpha value is -1.73. The summed E-state index contributed by atoms with van der Waals surface area (Å²) >= 11 is 5.69. The van der Waals surface area contributed by atoms with E-state index >= 15 is 0 Å². The Morgan fingerprint density at radius 3 is 2.67 bits per heavy atom. The fourth-order valence-corrected chi connectivity index (χ4v) is 1.06. The number of urea groups is 1. The third kappa shape index (κ3) is 3.49. The standard InChI is InChI=1S/C10H10ClN3O/c1-14(7-6-12)10(15)13-9-4-2-8(11)3-5-9/h2-5H,7H2,1H3,(H,13,15). The zero-order valence-electron chi connectivity index (χ0n) is 8.20. The van der Waals surface area contributed by atoms with E-state index in [1.165, 1.54) is 4.90 Å². The number of hydrogen-bond acceptors (Lipinski definition) is 2. The van der Waals surface area contributed by atoms with Crippen molar-refractivity contribution in [2.24, 2.45) is 0 Å². The molecule has 0 heterocycles. The number of hydrogen-bond donors (Lipinski definition) is 1. The van der Waals surface area contributed by atoms with Gasteiger partial charge >= 0.3 is 6.03 Å². The van der Waals surface area contributed by atoms with Crippen molar-refractivity contribution in [2.75, 3.05) is 18.9 Å². The number of benzene rings is 1. The summed E-state index contributed by atoms with van der Waals surface area (Å²) in [4.78, 5) is 12.7. The molecule has 0 radical (unpaired) electrons. The molecule has 1 N–H and O–H groups in total. The summed E-state index contributed by atoms with van der Waals surface area (Å²) < 4.78 is 0. The minimum atomic E-state index is -0.320. The average Bonchev–Trinajstić information content (AvgIpc) is 2.22. The van der Waals surface area contributed by atoms with E-state index in [0.29, 0.717) is 10.7 Å². The van der Waals surface area contributed by atoms with Gasteiger partial charge in [-0.05, 0) is 24.3 Å². The Morgan fingerprint density at radius 1 is 1.53 bits per heavy atom. The van der Waals surface area contributed by atoms with Crippen molar-refractivity contribution in [2.45, 2.75) is 0 Å². The average molecular weight is 224 g/mol. The second kappa shape index (κ2) is 5.23. The maximum atomic E-state index is 11.4. The van der Waals surface area contributed by atoms with Gasteiger partial charge in [0.25, 0.3) is 0 Å². The number of nitrogens with one attached hydrogen (secondary N) is 1. The van der Waals surface area contributed by atoms with Crippen LogP contribution in [0.3, 0.4) is 0 Å². The molecular weight excluding hydrogens is 214 g/mol. The lowest BCUT2D eigenvalue weighted by molar-refractivity contribution is 0.227. The molecule has 4 nitrogen and oxygen atoms in total. The minimum absolute atomic E-state index is 0.0550. The molecule has 15 heavy (non-hydrogen) atoms. The van der Waals surface area contributed by atoms with Gasteiger partial charge < -0.3 is 10.2 Å². The molecule has 1 aromatic carbocycles. The van der Waals surface area contributed by atoms with Crippen LogP contribution in [0.5, 0.6) is 0 Å². The van der Waals surface area contributed by atoms with Gasteiger partial charge in [-0.3, -0.25) is 0 Å². The Labute approximate surface area is 93.1 Å². The molecule has 0 bridgehead atoms. The summed E-state index contributed by atoms with van der Waals surface area (Å²) in [5.74, 6) is 0. The molecular formula is C10H10ClN3O. The molecule has 0 fully saturated rings. The summed E-state index contributed by atoms with van der Waals surface area (Å²) in [5, 5.41) is 11.6. The Kier molecular flexibility index (Phi) is 3.95. The Morgan fingerprint density at radius 2 is 2.13 bits per heavy atom. The predicted octanol–water partition coefficient (Wildman–Crippen LogP) is 2.33. The lowest BCUT2D eigenvalue weighted by atomic mass is 10.3. The molecule has 1 aromatic rings. The van der Waals surface area contributed by atoms with E-state index in [0.717, 1.165) is 0 Å². The van der Waals surface area contributed by atoms with Crippen LogP contribution < -0.4 is 5.32 Å². The Balaban J connectivity index is 2.59. The summed E-state index contributed by atoms with van der Waals surface area (Å²) in [7, 11) is 1.55. The van der Waals surface area contributed by atoms with Gasteiger partial charge in [0.05, 0.1) is 6.07 Å². The third-order valence-corrected chi connectivity index (χ3v) is 2.00. The van der Waals surface area contributed by atoms with Gasteiger partial charge in [-0.15, -0.1) is 0 Å². The molecule has 0 aromatic heterocycles. The van der Waals surface area contributed by atoms with E-state index < -0.39 is 0 Å². The predicted molar refractivity (Wildman–Crippen MR) is 58.7 cm³/mol. The summed E-state index contributed by atoms with van der Waals surface area (Å²) in [5.41, 5.74) is 0.647. The highest BCUT2D eigenvalue weighted by Crippen LogP contribution is 2.13. The van der Waals surface area contributed by atoms with Crippen LogP contribution in [0.4, 0.5) is 10.5 Å². The molecule has 2 amide bonds. The molecule has 0 saturated heterocycles. The van der Waals surface area contributed by atoms with Crippen LogP contribution in [-0.4, -0.2) is 24.5 Å². The first-order valence-electron chi connectivity index (χ1n) is 4.28. The van der Waals surface area contributed by atoms with Gasteiger partial charge in [0, 0.05) is 17.8 Å². The van der Waals surface area contributed by atoms with Crippen molar-refractivity contribution < 1.29 is 4.79 Å². The zero-order valence-corrected chi connectivity index (χ0v) is 8.95. The number of carbonyl (C=O) groups excluding carboxylic acids is 1. The molecule has 0 atom stereocenters. The normalized spacial score (nSPS) is 9.13. The first-order valence-corrected chi connectivity index (χ1v) is 4.66. The molecule has 0 spiro atoms. The number of nitrogens with zero attached hydrogens (tertiary/aromatic N) is 2. The minimum Gasteiger partial charge on any atom is -0.314 e. The zero-order chi connectivity index (χ0) is 11.3. The molecule has 0 aliphatic rings. The maximum Gasteiger partial charge on any atom is 0.322 e. The smallest absolute Gasteiger partial charge is 0.314 e. The largest absolute Gasteiger partial charge is 0.322 e. The van der Waals surface area contributed by atoms with Crippen molar-refractivity contribution in [3.8, 4) is 6.07 Å². The molecule has 78 valence electrons. The number of rotatable bonds is 2. The highest BCUT2D eigenvalue weighted by atomic mass is 35.5. The maximum absolute atomic E-state index is 11.4. The fourth-order valence-electron chi connectivity index (χ4n) is 0.930. The van der Waals surface area contributed by atoms with E-state index in [-0.39, 0.29) is 12.6 Å². The van der Waals surface area contributed by atoms with Crippen LogP contribution in [0.15, 0.2) is 24.3 Å². The van der Waals surface area contributed by atoms with Gasteiger partial charge in [-0.2, -0.15) is 5.26 Å². The first kappa shape index (κ1) is 11.3. The summed E-state index contributed by atoms with van der Waals surface area (Å²) in [6.45, 7) is 0.0550. The number of anilines is 1. The van der Waals surface area contributed by atoms with Crippen LogP contribution >= 0.6 is 11.6 Å². The van der Waals surface area contributed by atoms with Crippen LogP contribution in [-0.2, 0) is 0 Å². The fraction of sp³-hybridized carbons (Fsp3) is 0.200. The second-order valence-electron chi connectivity index (χ2n) is 2.95. The van der Waals surface area contributed by atoms with Gasteiger partial charge in [0.1, 0.15) is 6.54 Å². The van der Waals surface area contributed by atoms with Crippen LogP contribution in [0.25, 0.3) is 0 Å². The molecule has 0 saturated carbocycles. The van der Waals surface area contributed by atoms with E-state index in [1.807, 2.05) is 6.07 Å². The SMILES string of the molecule is CN(CC#N)C(=O)Nc1ccc(Cl)cc1. The van der Waals surface area contributed by atoms with Crippen LogP contribution in [0, 0.1) is 11.3 Å². The summed E-state index contributed by atoms with van der Waals surface area (Å²) in [6, 6.07) is 8.32. The van der Waals surface area contributed by atoms with Crippen LogP contribution in [0.2, 0.25) is 5.02 Å². The third-order valence-electron chi connectivity index (χ3n) is 1.75. The lowest BCUT2D eigenvalue weighted by Crippen LogP contribution is -2.31.